The van der Waals surface area contributed by atoms with Crippen molar-refractivity contribution >= 4 is 21.5 Å². The van der Waals surface area contributed by atoms with Gasteiger partial charge in [-0.1, -0.05) is 92.2 Å². The lowest BCUT2D eigenvalue weighted by atomic mass is 9.81. The molecule has 0 fully saturated rings. The smallest absolute Gasteiger partial charge is 0.143 e. The minimum atomic E-state index is -0.0553. The molecule has 1 aromatic heterocycles. The van der Waals surface area contributed by atoms with Crippen LogP contribution in [0.25, 0.3) is 43.8 Å². The Labute approximate surface area is 217 Å². The maximum atomic E-state index is 6.57. The van der Waals surface area contributed by atoms with Crippen molar-refractivity contribution in [2.45, 2.75) is 26.2 Å². The highest BCUT2D eigenvalue weighted by molar-refractivity contribution is 6.17. The lowest BCUT2D eigenvalue weighted by Crippen LogP contribution is -2.14. The second-order valence-corrected chi connectivity index (χ2v) is 10.5. The molecule has 1 aliphatic rings. The highest BCUT2D eigenvalue weighted by Crippen LogP contribution is 2.51. The van der Waals surface area contributed by atoms with Crippen molar-refractivity contribution in [2.24, 2.45) is 0 Å². The maximum absolute atomic E-state index is 6.57. The van der Waals surface area contributed by atoms with E-state index in [0.717, 1.165) is 27.7 Å². The van der Waals surface area contributed by atoms with Crippen LogP contribution in [0.2, 0.25) is 0 Å². The van der Waals surface area contributed by atoms with Gasteiger partial charge < -0.3 is 4.74 Å². The van der Waals surface area contributed by atoms with E-state index < -0.39 is 0 Å². The molecule has 0 amide bonds. The molecular formula is C35H27NO. The van der Waals surface area contributed by atoms with E-state index in [-0.39, 0.29) is 5.41 Å². The molecule has 0 spiro atoms. The molecular weight excluding hydrogens is 450 g/mol. The van der Waals surface area contributed by atoms with Gasteiger partial charge in [-0.15, -0.1) is 0 Å². The summed E-state index contributed by atoms with van der Waals surface area (Å²) in [5.74, 6) is 1.70. The molecule has 0 radical (unpaired) electrons. The second-order valence-electron chi connectivity index (χ2n) is 10.5. The SMILES string of the molecule is Cc1ccc(Oc2c3ccccc3c(-c3ccc4c(c3)C(C)(C)c3ccccc3-4)c3cnccc23)cc1. The lowest BCUT2D eigenvalue weighted by molar-refractivity contribution is 0.493. The molecule has 37 heavy (non-hydrogen) atoms. The topological polar surface area (TPSA) is 22.1 Å². The Bertz CT molecular complexity index is 1770. The fourth-order valence-corrected chi connectivity index (χ4v) is 5.99. The standard InChI is InChI=1S/C35H27NO/c1-22-12-15-24(16-13-22)37-34-28-10-5-4-9-27(28)33(30-21-36-19-18-29(30)34)23-14-17-26-25-8-6-7-11-31(25)35(2,3)32(26)20-23/h4-21H,1-3H3. The van der Waals surface area contributed by atoms with E-state index in [2.05, 4.69) is 111 Å². The first-order valence-electron chi connectivity index (χ1n) is 12.8. The zero-order chi connectivity index (χ0) is 25.1. The summed E-state index contributed by atoms with van der Waals surface area (Å²) in [6.45, 7) is 6.75. The van der Waals surface area contributed by atoms with Crippen LogP contribution in [0.1, 0.15) is 30.5 Å². The second kappa shape index (κ2) is 8.04. The summed E-state index contributed by atoms with van der Waals surface area (Å²) in [5, 5.41) is 4.42. The third-order valence-corrected chi connectivity index (χ3v) is 7.89. The summed E-state index contributed by atoms with van der Waals surface area (Å²) >= 11 is 0. The number of aryl methyl sites for hydroxylation is 1. The largest absolute Gasteiger partial charge is 0.456 e. The van der Waals surface area contributed by atoms with E-state index in [4.69, 9.17) is 4.74 Å². The highest BCUT2D eigenvalue weighted by Gasteiger charge is 2.35. The van der Waals surface area contributed by atoms with E-state index in [9.17, 15) is 0 Å². The van der Waals surface area contributed by atoms with Crippen molar-refractivity contribution in [3.05, 3.63) is 126 Å². The maximum Gasteiger partial charge on any atom is 0.143 e. The van der Waals surface area contributed by atoms with Gasteiger partial charge in [-0.3, -0.25) is 4.98 Å². The summed E-state index contributed by atoms with van der Waals surface area (Å²) in [5.41, 5.74) is 8.99. The van der Waals surface area contributed by atoms with E-state index in [0.29, 0.717) is 0 Å². The molecule has 6 aromatic rings. The zero-order valence-electron chi connectivity index (χ0n) is 21.2. The Kier molecular flexibility index (Phi) is 4.74. The number of rotatable bonds is 3. The van der Waals surface area contributed by atoms with E-state index in [1.54, 1.807) is 0 Å². The summed E-state index contributed by atoms with van der Waals surface area (Å²) in [6.07, 6.45) is 3.83. The fraction of sp³-hybridized carbons (Fsp3) is 0.114. The molecule has 0 bridgehead atoms. The number of fused-ring (bicyclic) bond motifs is 5. The Hall–Kier alpha value is -4.43. The van der Waals surface area contributed by atoms with Gasteiger partial charge in [0, 0.05) is 34.0 Å². The lowest BCUT2D eigenvalue weighted by Gasteiger charge is -2.23. The van der Waals surface area contributed by atoms with Gasteiger partial charge in [-0.25, -0.2) is 0 Å². The molecule has 0 saturated heterocycles. The predicted molar refractivity (Wildman–Crippen MR) is 154 cm³/mol. The number of hydrogen-bond acceptors (Lipinski definition) is 2. The summed E-state index contributed by atoms with van der Waals surface area (Å²) in [6, 6.07) is 34.6. The van der Waals surface area contributed by atoms with Gasteiger partial charge in [0.25, 0.3) is 0 Å². The van der Waals surface area contributed by atoms with Gasteiger partial charge in [0.15, 0.2) is 0 Å². The summed E-state index contributed by atoms with van der Waals surface area (Å²) in [7, 11) is 0. The van der Waals surface area contributed by atoms with E-state index in [1.165, 1.54) is 44.3 Å². The van der Waals surface area contributed by atoms with Crippen LogP contribution in [0.3, 0.4) is 0 Å². The Balaban J connectivity index is 1.49. The minimum absolute atomic E-state index is 0.0553. The number of pyridine rings is 1. The molecule has 1 heterocycles. The number of benzene rings is 5. The molecule has 7 rings (SSSR count). The molecule has 0 atom stereocenters. The molecule has 0 saturated carbocycles. The van der Waals surface area contributed by atoms with Gasteiger partial charge in [0.2, 0.25) is 0 Å². The molecule has 0 N–H and O–H groups in total. The first-order chi connectivity index (χ1) is 18.0. The van der Waals surface area contributed by atoms with Gasteiger partial charge in [0.1, 0.15) is 11.5 Å². The number of nitrogens with zero attached hydrogens (tertiary/aromatic N) is 1. The van der Waals surface area contributed by atoms with Crippen LogP contribution >= 0.6 is 0 Å². The van der Waals surface area contributed by atoms with Crippen LogP contribution in [0.5, 0.6) is 11.5 Å². The molecule has 5 aromatic carbocycles. The van der Waals surface area contributed by atoms with Crippen molar-refractivity contribution in [1.82, 2.24) is 4.98 Å². The molecule has 1 aliphatic carbocycles. The molecule has 178 valence electrons. The summed E-state index contributed by atoms with van der Waals surface area (Å²) < 4.78 is 6.57. The predicted octanol–water partition coefficient (Wildman–Crippen LogP) is 9.46. The van der Waals surface area contributed by atoms with Crippen LogP contribution in [0, 0.1) is 6.92 Å². The van der Waals surface area contributed by atoms with Gasteiger partial charge in [-0.05, 0) is 70.0 Å². The van der Waals surface area contributed by atoms with Crippen molar-refractivity contribution in [3.63, 3.8) is 0 Å². The first kappa shape index (κ1) is 21.8. The molecule has 0 unspecified atom stereocenters. The number of ether oxygens (including phenoxy) is 1. The quantitative estimate of drug-likeness (QED) is 0.237. The first-order valence-corrected chi connectivity index (χ1v) is 12.8. The van der Waals surface area contributed by atoms with Crippen molar-refractivity contribution in [2.75, 3.05) is 0 Å². The van der Waals surface area contributed by atoms with Gasteiger partial charge in [-0.2, -0.15) is 0 Å². The van der Waals surface area contributed by atoms with Crippen LogP contribution in [-0.2, 0) is 5.41 Å². The Morgan fingerprint density at radius 1 is 0.649 bits per heavy atom. The van der Waals surface area contributed by atoms with Crippen LogP contribution in [-0.4, -0.2) is 4.98 Å². The number of aromatic nitrogens is 1. The zero-order valence-corrected chi connectivity index (χ0v) is 21.2. The van der Waals surface area contributed by atoms with Gasteiger partial charge in [0.05, 0.1) is 0 Å². The van der Waals surface area contributed by atoms with Crippen LogP contribution in [0.15, 0.2) is 109 Å². The molecule has 2 heteroatoms. The fourth-order valence-electron chi connectivity index (χ4n) is 5.99. The third-order valence-electron chi connectivity index (χ3n) is 7.89. The van der Waals surface area contributed by atoms with Crippen LogP contribution in [0.4, 0.5) is 0 Å². The molecule has 2 nitrogen and oxygen atoms in total. The van der Waals surface area contributed by atoms with Crippen molar-refractivity contribution in [3.8, 4) is 33.8 Å². The highest BCUT2D eigenvalue weighted by atomic mass is 16.5. The average Bonchev–Trinajstić information content (AvgIpc) is 3.16. The average molecular weight is 478 g/mol. The van der Waals surface area contributed by atoms with Gasteiger partial charge >= 0.3 is 0 Å². The van der Waals surface area contributed by atoms with E-state index >= 15 is 0 Å². The van der Waals surface area contributed by atoms with Crippen molar-refractivity contribution < 1.29 is 4.74 Å². The summed E-state index contributed by atoms with van der Waals surface area (Å²) in [4.78, 5) is 4.54. The molecule has 0 aliphatic heterocycles. The van der Waals surface area contributed by atoms with Crippen LogP contribution < -0.4 is 4.74 Å². The monoisotopic (exact) mass is 477 g/mol. The van der Waals surface area contributed by atoms with E-state index in [1.807, 2.05) is 24.5 Å². The van der Waals surface area contributed by atoms with Crippen molar-refractivity contribution in [1.29, 1.82) is 0 Å². The Morgan fingerprint density at radius 2 is 1.35 bits per heavy atom. The third kappa shape index (κ3) is 3.29. The minimum Gasteiger partial charge on any atom is -0.456 e. The normalized spacial score (nSPS) is 13.5. The number of hydrogen-bond donors (Lipinski definition) is 0. The Morgan fingerprint density at radius 3 is 2.19 bits per heavy atom.